The number of amides is 1. The second-order valence-corrected chi connectivity index (χ2v) is 4.98. The SMILES string of the molecule is Cc1cncc(C(=O)NCc2cccc(Br)c2)c1. The van der Waals surface area contributed by atoms with Crippen molar-refractivity contribution in [3.63, 3.8) is 0 Å². The van der Waals surface area contributed by atoms with Crippen LogP contribution in [0.25, 0.3) is 0 Å². The van der Waals surface area contributed by atoms with Crippen molar-refractivity contribution in [2.75, 3.05) is 0 Å². The number of aromatic nitrogens is 1. The summed E-state index contributed by atoms with van der Waals surface area (Å²) in [5.74, 6) is -0.105. The number of nitrogens with one attached hydrogen (secondary N) is 1. The van der Waals surface area contributed by atoms with Gasteiger partial charge in [-0.05, 0) is 36.2 Å². The summed E-state index contributed by atoms with van der Waals surface area (Å²) in [4.78, 5) is 15.9. The molecule has 0 saturated carbocycles. The monoisotopic (exact) mass is 304 g/mol. The summed E-state index contributed by atoms with van der Waals surface area (Å²) in [7, 11) is 0. The quantitative estimate of drug-likeness (QED) is 0.947. The Morgan fingerprint density at radius 3 is 2.89 bits per heavy atom. The molecule has 1 aromatic carbocycles. The van der Waals surface area contributed by atoms with Gasteiger partial charge in [-0.3, -0.25) is 9.78 Å². The van der Waals surface area contributed by atoms with Crippen LogP contribution in [-0.4, -0.2) is 10.9 Å². The van der Waals surface area contributed by atoms with Gasteiger partial charge in [-0.2, -0.15) is 0 Å². The van der Waals surface area contributed by atoms with Crippen molar-refractivity contribution >= 4 is 21.8 Å². The van der Waals surface area contributed by atoms with Crippen LogP contribution in [0.5, 0.6) is 0 Å². The molecule has 92 valence electrons. The lowest BCUT2D eigenvalue weighted by Gasteiger charge is -2.06. The number of carbonyl (C=O) groups is 1. The number of benzene rings is 1. The number of nitrogens with zero attached hydrogens (tertiary/aromatic N) is 1. The number of halogens is 1. The van der Waals surface area contributed by atoms with E-state index >= 15 is 0 Å². The summed E-state index contributed by atoms with van der Waals surface area (Å²) < 4.78 is 1.01. The van der Waals surface area contributed by atoms with E-state index in [-0.39, 0.29) is 5.91 Å². The summed E-state index contributed by atoms with van der Waals surface area (Å²) in [6.07, 6.45) is 3.30. The van der Waals surface area contributed by atoms with Gasteiger partial charge in [0.25, 0.3) is 5.91 Å². The highest BCUT2D eigenvalue weighted by Crippen LogP contribution is 2.11. The van der Waals surface area contributed by atoms with Crippen LogP contribution in [0.2, 0.25) is 0 Å². The smallest absolute Gasteiger partial charge is 0.253 e. The Kier molecular flexibility index (Phi) is 4.10. The number of pyridine rings is 1. The van der Waals surface area contributed by atoms with Crippen LogP contribution < -0.4 is 5.32 Å². The molecule has 0 aliphatic carbocycles. The fraction of sp³-hybridized carbons (Fsp3) is 0.143. The molecule has 1 amide bonds. The number of rotatable bonds is 3. The maximum Gasteiger partial charge on any atom is 0.253 e. The van der Waals surface area contributed by atoms with Gasteiger partial charge >= 0.3 is 0 Å². The molecule has 0 atom stereocenters. The van der Waals surface area contributed by atoms with Crippen LogP contribution >= 0.6 is 15.9 Å². The number of aryl methyl sites for hydroxylation is 1. The zero-order chi connectivity index (χ0) is 13.0. The van der Waals surface area contributed by atoms with Crippen LogP contribution in [0.15, 0.2) is 47.2 Å². The highest BCUT2D eigenvalue weighted by molar-refractivity contribution is 9.10. The lowest BCUT2D eigenvalue weighted by molar-refractivity contribution is 0.0950. The fourth-order valence-corrected chi connectivity index (χ4v) is 2.06. The Morgan fingerprint density at radius 1 is 1.33 bits per heavy atom. The molecular weight excluding hydrogens is 292 g/mol. The van der Waals surface area contributed by atoms with E-state index in [1.165, 1.54) is 0 Å². The minimum absolute atomic E-state index is 0.105. The van der Waals surface area contributed by atoms with E-state index in [4.69, 9.17) is 0 Å². The lowest BCUT2D eigenvalue weighted by Crippen LogP contribution is -2.22. The van der Waals surface area contributed by atoms with Gasteiger partial charge in [0.1, 0.15) is 0 Å². The van der Waals surface area contributed by atoms with Gasteiger partial charge in [0.05, 0.1) is 5.56 Å². The molecule has 0 unspecified atom stereocenters. The summed E-state index contributed by atoms with van der Waals surface area (Å²) in [6, 6.07) is 9.67. The Labute approximate surface area is 114 Å². The lowest BCUT2D eigenvalue weighted by atomic mass is 10.2. The van der Waals surface area contributed by atoms with Gasteiger partial charge in [0.2, 0.25) is 0 Å². The van der Waals surface area contributed by atoms with E-state index in [0.717, 1.165) is 15.6 Å². The average Bonchev–Trinajstić information content (AvgIpc) is 2.36. The minimum Gasteiger partial charge on any atom is -0.348 e. The molecule has 0 radical (unpaired) electrons. The minimum atomic E-state index is -0.105. The van der Waals surface area contributed by atoms with E-state index in [1.54, 1.807) is 12.4 Å². The van der Waals surface area contributed by atoms with Crippen molar-refractivity contribution in [2.45, 2.75) is 13.5 Å². The van der Waals surface area contributed by atoms with Crippen LogP contribution in [0.3, 0.4) is 0 Å². The first-order valence-electron chi connectivity index (χ1n) is 5.59. The zero-order valence-electron chi connectivity index (χ0n) is 9.98. The van der Waals surface area contributed by atoms with Crippen molar-refractivity contribution in [1.82, 2.24) is 10.3 Å². The first-order valence-corrected chi connectivity index (χ1v) is 6.39. The zero-order valence-corrected chi connectivity index (χ0v) is 11.6. The van der Waals surface area contributed by atoms with Gasteiger partial charge in [-0.15, -0.1) is 0 Å². The van der Waals surface area contributed by atoms with Crippen LogP contribution in [0.1, 0.15) is 21.5 Å². The third-order valence-corrected chi connectivity index (χ3v) is 2.97. The van der Waals surface area contributed by atoms with Gasteiger partial charge in [0.15, 0.2) is 0 Å². The number of hydrogen-bond acceptors (Lipinski definition) is 2. The van der Waals surface area contributed by atoms with E-state index in [0.29, 0.717) is 12.1 Å². The molecule has 0 saturated heterocycles. The van der Waals surface area contributed by atoms with E-state index < -0.39 is 0 Å². The fourth-order valence-electron chi connectivity index (χ4n) is 1.61. The molecule has 2 aromatic rings. The highest BCUT2D eigenvalue weighted by Gasteiger charge is 2.05. The molecule has 0 spiro atoms. The third kappa shape index (κ3) is 3.40. The van der Waals surface area contributed by atoms with Crippen molar-refractivity contribution in [3.05, 3.63) is 63.9 Å². The van der Waals surface area contributed by atoms with Crippen LogP contribution in [0.4, 0.5) is 0 Å². The summed E-state index contributed by atoms with van der Waals surface area (Å²) >= 11 is 3.40. The Hall–Kier alpha value is -1.68. The van der Waals surface area contributed by atoms with E-state index in [9.17, 15) is 4.79 Å². The van der Waals surface area contributed by atoms with Gasteiger partial charge in [0, 0.05) is 23.4 Å². The van der Waals surface area contributed by atoms with Gasteiger partial charge in [-0.25, -0.2) is 0 Å². The van der Waals surface area contributed by atoms with E-state index in [2.05, 4.69) is 26.2 Å². The molecular formula is C14H13BrN2O. The molecule has 0 bridgehead atoms. The van der Waals surface area contributed by atoms with Crippen molar-refractivity contribution in [2.24, 2.45) is 0 Å². The number of hydrogen-bond donors (Lipinski definition) is 1. The van der Waals surface area contributed by atoms with E-state index in [1.807, 2.05) is 37.3 Å². The number of carbonyl (C=O) groups excluding carboxylic acids is 1. The topological polar surface area (TPSA) is 42.0 Å². The normalized spacial score (nSPS) is 10.1. The van der Waals surface area contributed by atoms with Crippen molar-refractivity contribution < 1.29 is 4.79 Å². The first-order chi connectivity index (χ1) is 8.65. The van der Waals surface area contributed by atoms with Gasteiger partial charge in [-0.1, -0.05) is 28.1 Å². The summed E-state index contributed by atoms with van der Waals surface area (Å²) in [6.45, 7) is 2.42. The van der Waals surface area contributed by atoms with Crippen molar-refractivity contribution in [3.8, 4) is 0 Å². The maximum absolute atomic E-state index is 11.9. The average molecular weight is 305 g/mol. The van der Waals surface area contributed by atoms with Crippen molar-refractivity contribution in [1.29, 1.82) is 0 Å². The molecule has 2 rings (SSSR count). The molecule has 0 aliphatic heterocycles. The predicted molar refractivity (Wildman–Crippen MR) is 74.3 cm³/mol. The Balaban J connectivity index is 2.00. The second kappa shape index (κ2) is 5.78. The highest BCUT2D eigenvalue weighted by atomic mass is 79.9. The largest absolute Gasteiger partial charge is 0.348 e. The van der Waals surface area contributed by atoms with Gasteiger partial charge < -0.3 is 5.32 Å². The summed E-state index contributed by atoms with van der Waals surface area (Å²) in [5.41, 5.74) is 2.62. The Morgan fingerprint density at radius 2 is 2.17 bits per heavy atom. The summed E-state index contributed by atoms with van der Waals surface area (Å²) in [5, 5.41) is 2.87. The molecule has 1 aromatic heterocycles. The maximum atomic E-state index is 11.9. The Bertz CT molecular complexity index is 569. The van der Waals surface area contributed by atoms with Crippen LogP contribution in [0, 0.1) is 6.92 Å². The molecule has 3 nitrogen and oxygen atoms in total. The molecule has 0 fully saturated rings. The molecule has 4 heteroatoms. The standard InChI is InChI=1S/C14H13BrN2O/c1-10-5-12(9-16-7-10)14(18)17-8-11-3-2-4-13(15)6-11/h2-7,9H,8H2,1H3,(H,17,18). The molecule has 0 aliphatic rings. The second-order valence-electron chi connectivity index (χ2n) is 4.06. The molecule has 18 heavy (non-hydrogen) atoms. The molecule has 1 N–H and O–H groups in total. The molecule has 1 heterocycles. The predicted octanol–water partition coefficient (Wildman–Crippen LogP) is 3.08. The van der Waals surface area contributed by atoms with Crippen LogP contribution in [-0.2, 0) is 6.54 Å². The first kappa shape index (κ1) is 12.8. The third-order valence-electron chi connectivity index (χ3n) is 2.48.